The molecule has 0 amide bonds. The number of sulfonamides is 1. The minimum Gasteiger partial charge on any atom is -0.215 e. The largest absolute Gasteiger partial charge is 0.215 e. The highest BCUT2D eigenvalue weighted by atomic mass is 35.5. The fourth-order valence-electron chi connectivity index (χ4n) is 1.13. The molecule has 1 N–H and O–H groups in total. The van der Waals surface area contributed by atoms with E-state index in [2.05, 4.69) is 4.72 Å². The van der Waals surface area contributed by atoms with Gasteiger partial charge < -0.3 is 0 Å². The number of hydrogen-bond donors (Lipinski definition) is 1. The molecule has 1 rings (SSSR count). The topological polar surface area (TPSA) is 46.2 Å². The number of nitrogens with one attached hydrogen (secondary N) is 1. The second-order valence-electron chi connectivity index (χ2n) is 2.96. The summed E-state index contributed by atoms with van der Waals surface area (Å²) in [6, 6.07) is 4.07. The van der Waals surface area contributed by atoms with E-state index in [1.165, 1.54) is 18.2 Å². The van der Waals surface area contributed by atoms with E-state index in [9.17, 15) is 12.8 Å². The lowest BCUT2D eigenvalue weighted by Gasteiger charge is -2.07. The molecule has 0 aromatic heterocycles. The quantitative estimate of drug-likeness (QED) is 0.889. The van der Waals surface area contributed by atoms with Crippen LogP contribution < -0.4 is 4.72 Å². The van der Waals surface area contributed by atoms with Crippen molar-refractivity contribution < 1.29 is 12.8 Å². The van der Waals surface area contributed by atoms with Crippen molar-refractivity contribution in [3.05, 3.63) is 34.6 Å². The molecule has 84 valence electrons. The van der Waals surface area contributed by atoms with E-state index < -0.39 is 21.6 Å². The Labute approximate surface area is 93.3 Å². The lowest BCUT2D eigenvalue weighted by atomic mass is 10.2. The second kappa shape index (κ2) is 4.92. The molecule has 0 fully saturated rings. The van der Waals surface area contributed by atoms with Crippen molar-refractivity contribution in [2.45, 2.75) is 12.7 Å². The fourth-order valence-corrected chi connectivity index (χ4v) is 2.66. The molecule has 0 unspecified atom stereocenters. The molecule has 15 heavy (non-hydrogen) atoms. The first-order valence-corrected chi connectivity index (χ1v) is 6.39. The molecule has 0 aliphatic heterocycles. The van der Waals surface area contributed by atoms with Crippen LogP contribution in [0.25, 0.3) is 0 Å². The minimum absolute atomic E-state index is 0.000108. The maximum atomic E-state index is 13.2. The first-order valence-electron chi connectivity index (χ1n) is 4.36. The van der Waals surface area contributed by atoms with Crippen molar-refractivity contribution in [1.82, 2.24) is 4.72 Å². The van der Waals surface area contributed by atoms with Crippen molar-refractivity contribution in [1.29, 1.82) is 0 Å². The van der Waals surface area contributed by atoms with Gasteiger partial charge >= 0.3 is 0 Å². The average Bonchev–Trinajstić information content (AvgIpc) is 2.11. The SMILES string of the molecule is CCNS(=O)(=O)Cc1c(F)cccc1Cl. The number of benzene rings is 1. The molecule has 0 aliphatic carbocycles. The van der Waals surface area contributed by atoms with Crippen molar-refractivity contribution in [2.24, 2.45) is 0 Å². The number of rotatable bonds is 4. The molecule has 3 nitrogen and oxygen atoms in total. The lowest BCUT2D eigenvalue weighted by molar-refractivity contribution is 0.576. The molecular formula is C9H11ClFNO2S. The molecule has 1 aromatic rings. The molecule has 0 bridgehead atoms. The van der Waals surface area contributed by atoms with Crippen LogP contribution in [0.4, 0.5) is 4.39 Å². The van der Waals surface area contributed by atoms with Crippen LogP contribution in [-0.2, 0) is 15.8 Å². The van der Waals surface area contributed by atoms with Gasteiger partial charge in [-0.3, -0.25) is 0 Å². The minimum atomic E-state index is -3.50. The van der Waals surface area contributed by atoms with E-state index in [1.807, 2.05) is 0 Å². The third kappa shape index (κ3) is 3.44. The predicted octanol–water partition coefficient (Wildman–Crippen LogP) is 1.92. The van der Waals surface area contributed by atoms with E-state index in [1.54, 1.807) is 6.92 Å². The molecule has 0 saturated carbocycles. The highest BCUT2D eigenvalue weighted by Crippen LogP contribution is 2.20. The Morgan fingerprint density at radius 3 is 2.67 bits per heavy atom. The van der Waals surface area contributed by atoms with Crippen LogP contribution >= 0.6 is 11.6 Å². The van der Waals surface area contributed by atoms with Crippen LogP contribution in [-0.4, -0.2) is 15.0 Å². The highest BCUT2D eigenvalue weighted by Gasteiger charge is 2.15. The van der Waals surface area contributed by atoms with Gasteiger partial charge in [0, 0.05) is 17.1 Å². The summed E-state index contributed by atoms with van der Waals surface area (Å²) >= 11 is 5.70. The normalized spacial score (nSPS) is 11.7. The van der Waals surface area contributed by atoms with Crippen molar-refractivity contribution in [2.75, 3.05) is 6.54 Å². The van der Waals surface area contributed by atoms with Crippen LogP contribution in [0.3, 0.4) is 0 Å². The molecule has 0 spiro atoms. The van der Waals surface area contributed by atoms with Gasteiger partial charge in [-0.15, -0.1) is 0 Å². The van der Waals surface area contributed by atoms with Gasteiger partial charge in [0.1, 0.15) is 5.82 Å². The van der Waals surface area contributed by atoms with Crippen molar-refractivity contribution in [3.8, 4) is 0 Å². The zero-order valence-corrected chi connectivity index (χ0v) is 9.70. The summed E-state index contributed by atoms with van der Waals surface area (Å²) in [7, 11) is -3.50. The van der Waals surface area contributed by atoms with Crippen LogP contribution in [0.2, 0.25) is 5.02 Å². The van der Waals surface area contributed by atoms with E-state index >= 15 is 0 Å². The van der Waals surface area contributed by atoms with Crippen molar-refractivity contribution in [3.63, 3.8) is 0 Å². The molecule has 6 heteroatoms. The first-order chi connectivity index (χ1) is 6.96. The number of hydrogen-bond acceptors (Lipinski definition) is 2. The van der Waals surface area contributed by atoms with Crippen LogP contribution in [0, 0.1) is 5.82 Å². The van der Waals surface area contributed by atoms with E-state index in [4.69, 9.17) is 11.6 Å². The summed E-state index contributed by atoms with van der Waals surface area (Å²) in [6.45, 7) is 1.93. The fraction of sp³-hybridized carbons (Fsp3) is 0.333. The van der Waals surface area contributed by atoms with Gasteiger partial charge in [0.25, 0.3) is 0 Å². The third-order valence-corrected chi connectivity index (χ3v) is 3.51. The van der Waals surface area contributed by atoms with Gasteiger partial charge in [-0.25, -0.2) is 17.5 Å². The molecule has 0 heterocycles. The smallest absolute Gasteiger partial charge is 0.215 e. The Kier molecular flexibility index (Phi) is 4.07. The Balaban J connectivity index is 2.99. The van der Waals surface area contributed by atoms with Crippen LogP contribution in [0.1, 0.15) is 12.5 Å². The van der Waals surface area contributed by atoms with E-state index in [-0.39, 0.29) is 17.1 Å². The monoisotopic (exact) mass is 251 g/mol. The summed E-state index contributed by atoms with van der Waals surface area (Å²) in [5, 5.41) is 0.122. The van der Waals surface area contributed by atoms with E-state index in [0.717, 1.165) is 0 Å². The van der Waals surface area contributed by atoms with Gasteiger partial charge in [0.2, 0.25) is 10.0 Å². The van der Waals surface area contributed by atoms with E-state index in [0.29, 0.717) is 0 Å². The molecule has 1 aromatic carbocycles. The second-order valence-corrected chi connectivity index (χ2v) is 5.17. The highest BCUT2D eigenvalue weighted by molar-refractivity contribution is 7.88. The zero-order valence-electron chi connectivity index (χ0n) is 8.13. The standard InChI is InChI=1S/C9H11ClFNO2S/c1-2-12-15(13,14)6-7-8(10)4-3-5-9(7)11/h3-5,12H,2,6H2,1H3. The maximum absolute atomic E-state index is 13.2. The van der Waals surface area contributed by atoms with Crippen LogP contribution in [0.15, 0.2) is 18.2 Å². The van der Waals surface area contributed by atoms with Gasteiger partial charge in [0.15, 0.2) is 0 Å². The van der Waals surface area contributed by atoms with Crippen LogP contribution in [0.5, 0.6) is 0 Å². The Morgan fingerprint density at radius 1 is 1.47 bits per heavy atom. The lowest BCUT2D eigenvalue weighted by Crippen LogP contribution is -2.25. The predicted molar refractivity (Wildman–Crippen MR) is 57.7 cm³/mol. The maximum Gasteiger partial charge on any atom is 0.215 e. The van der Waals surface area contributed by atoms with Gasteiger partial charge in [-0.05, 0) is 12.1 Å². The molecule has 0 aliphatic rings. The van der Waals surface area contributed by atoms with Crippen molar-refractivity contribution >= 4 is 21.6 Å². The summed E-state index contributed by atoms with van der Waals surface area (Å²) in [4.78, 5) is 0. The summed E-state index contributed by atoms with van der Waals surface area (Å²) in [5.41, 5.74) is 0.000108. The molecule has 0 radical (unpaired) electrons. The first kappa shape index (κ1) is 12.4. The molecule has 0 atom stereocenters. The third-order valence-electron chi connectivity index (χ3n) is 1.76. The summed E-state index contributed by atoms with van der Waals surface area (Å²) in [6.07, 6.45) is 0. The Bertz CT molecular complexity index is 427. The Morgan fingerprint density at radius 2 is 2.13 bits per heavy atom. The molecular weight excluding hydrogens is 241 g/mol. The van der Waals surface area contributed by atoms with Gasteiger partial charge in [-0.1, -0.05) is 24.6 Å². The zero-order chi connectivity index (χ0) is 11.5. The summed E-state index contributed by atoms with van der Waals surface area (Å²) < 4.78 is 38.3. The summed E-state index contributed by atoms with van der Waals surface area (Å²) in [5.74, 6) is -1.05. The average molecular weight is 252 g/mol. The Hall–Kier alpha value is -0.650. The van der Waals surface area contributed by atoms with Gasteiger partial charge in [-0.2, -0.15) is 0 Å². The van der Waals surface area contributed by atoms with Gasteiger partial charge in [0.05, 0.1) is 5.75 Å². The molecule has 0 saturated heterocycles. The number of halogens is 2.